The van der Waals surface area contributed by atoms with Crippen molar-refractivity contribution in [2.45, 2.75) is 38.7 Å². The molecule has 186 valence electrons. The second-order valence-corrected chi connectivity index (χ2v) is 9.72. The van der Waals surface area contributed by atoms with E-state index in [2.05, 4.69) is 14.7 Å². The number of alkyl halides is 2. The van der Waals surface area contributed by atoms with E-state index in [1.807, 2.05) is 0 Å². The van der Waals surface area contributed by atoms with Crippen LogP contribution in [0.2, 0.25) is 0 Å². The first-order valence-electron chi connectivity index (χ1n) is 10.2. The van der Waals surface area contributed by atoms with Crippen LogP contribution in [0.25, 0.3) is 17.3 Å². The van der Waals surface area contributed by atoms with Crippen LogP contribution in [-0.2, 0) is 19.6 Å². The van der Waals surface area contributed by atoms with Crippen LogP contribution in [-0.4, -0.2) is 61.4 Å². The van der Waals surface area contributed by atoms with Crippen molar-refractivity contribution in [3.63, 3.8) is 0 Å². The fourth-order valence-corrected chi connectivity index (χ4v) is 3.23. The average molecular weight is 502 g/mol. The molecule has 0 aliphatic rings. The van der Waals surface area contributed by atoms with Gasteiger partial charge in [0.05, 0.1) is 24.3 Å². The molecule has 0 aliphatic heterocycles. The molecule has 0 amide bonds. The summed E-state index contributed by atoms with van der Waals surface area (Å²) in [5.41, 5.74) is 0.931. The molecule has 1 aromatic carbocycles. The maximum absolute atomic E-state index is 14.2. The van der Waals surface area contributed by atoms with Crippen molar-refractivity contribution in [3.8, 4) is 11.3 Å². The van der Waals surface area contributed by atoms with Gasteiger partial charge in [-0.2, -0.15) is 8.78 Å². The Bertz CT molecular complexity index is 1170. The third-order valence-corrected chi connectivity index (χ3v) is 5.93. The summed E-state index contributed by atoms with van der Waals surface area (Å²) >= 11 is 0. The van der Waals surface area contributed by atoms with Gasteiger partial charge in [0.25, 0.3) is 0 Å². The van der Waals surface area contributed by atoms with Crippen molar-refractivity contribution in [1.82, 2.24) is 9.97 Å². The first-order chi connectivity index (χ1) is 15.7. The number of carbonyl (C=O) groups is 1. The first-order valence-corrected chi connectivity index (χ1v) is 12.1. The number of hydrogen-bond donors (Lipinski definition) is 1. The minimum Gasteiger partial charge on any atom is -0.461 e. The van der Waals surface area contributed by atoms with Gasteiger partial charge in [-0.25, -0.2) is 31.9 Å². The summed E-state index contributed by atoms with van der Waals surface area (Å²) in [6.07, 6.45) is 0.265. The Kier molecular flexibility index (Phi) is 8.43. The summed E-state index contributed by atoms with van der Waals surface area (Å²) < 4.78 is 71.2. The number of benzene rings is 1. The molecule has 2 aromatic rings. The van der Waals surface area contributed by atoms with Gasteiger partial charge in [-0.3, -0.25) is 0 Å². The smallest absolute Gasteiger partial charge is 0.380 e. The van der Waals surface area contributed by atoms with E-state index in [1.54, 1.807) is 13.8 Å². The van der Waals surface area contributed by atoms with Gasteiger partial charge in [0.1, 0.15) is 11.9 Å². The van der Waals surface area contributed by atoms with Crippen molar-refractivity contribution in [2.24, 2.45) is 0 Å². The van der Waals surface area contributed by atoms with Gasteiger partial charge < -0.3 is 9.84 Å². The Morgan fingerprint density at radius 3 is 2.32 bits per heavy atom. The molecule has 1 aromatic heterocycles. The topological polar surface area (TPSA) is 110 Å². The van der Waals surface area contributed by atoms with Gasteiger partial charge in [0.15, 0.2) is 0 Å². The van der Waals surface area contributed by atoms with Crippen LogP contribution in [0.15, 0.2) is 30.3 Å². The van der Waals surface area contributed by atoms with Crippen molar-refractivity contribution >= 4 is 28.0 Å². The third kappa shape index (κ3) is 6.11. The SMILES string of the molecule is CCOC(=O)C(F)(F)C(O)/C=C/c1c(-c2ccc(F)cc2)nc(N(C)S(C)(=O)=O)nc1C(C)C. The number of anilines is 1. The minimum atomic E-state index is -4.21. The molecule has 1 heterocycles. The van der Waals surface area contributed by atoms with E-state index in [-0.39, 0.29) is 35.4 Å². The predicted octanol–water partition coefficient (Wildman–Crippen LogP) is 3.37. The Morgan fingerprint density at radius 2 is 1.82 bits per heavy atom. The predicted molar refractivity (Wildman–Crippen MR) is 121 cm³/mol. The van der Waals surface area contributed by atoms with Gasteiger partial charge in [-0.05, 0) is 43.2 Å². The number of hydrogen-bond acceptors (Lipinski definition) is 7. The van der Waals surface area contributed by atoms with Crippen LogP contribution in [0.3, 0.4) is 0 Å². The van der Waals surface area contributed by atoms with Crippen LogP contribution in [0.1, 0.15) is 37.9 Å². The zero-order valence-electron chi connectivity index (χ0n) is 19.3. The number of carbonyl (C=O) groups excluding carboxylic acids is 1. The van der Waals surface area contributed by atoms with Crippen molar-refractivity contribution < 1.29 is 36.2 Å². The van der Waals surface area contributed by atoms with Crippen LogP contribution in [0.5, 0.6) is 0 Å². The molecule has 1 unspecified atom stereocenters. The number of aliphatic hydroxyl groups is 1. The normalized spacial score (nSPS) is 13.4. The van der Waals surface area contributed by atoms with Crippen molar-refractivity contribution in [2.75, 3.05) is 24.2 Å². The Hall–Kier alpha value is -2.99. The summed E-state index contributed by atoms with van der Waals surface area (Å²) in [7, 11) is -2.48. The Labute approximate surface area is 196 Å². The highest BCUT2D eigenvalue weighted by Crippen LogP contribution is 2.32. The molecule has 0 spiro atoms. The van der Waals surface area contributed by atoms with Crippen LogP contribution < -0.4 is 4.31 Å². The third-order valence-electron chi connectivity index (χ3n) is 4.77. The number of rotatable bonds is 9. The standard InChI is InChI=1S/C22H26F3N3O5S/c1-6-33-20(30)22(24,25)17(29)12-11-16-18(13(2)3)26-21(28(4)34(5,31)32)27-19(16)14-7-9-15(23)10-8-14/h7-13,17,29H,6H2,1-5H3/b12-11+. The second kappa shape index (κ2) is 10.5. The van der Waals surface area contributed by atoms with E-state index >= 15 is 0 Å². The van der Waals surface area contributed by atoms with E-state index < -0.39 is 33.8 Å². The van der Waals surface area contributed by atoms with Gasteiger partial charge in [0, 0.05) is 18.2 Å². The molecular weight excluding hydrogens is 475 g/mol. The molecule has 0 bridgehead atoms. The zero-order valence-corrected chi connectivity index (χ0v) is 20.1. The zero-order chi connectivity index (χ0) is 25.8. The molecule has 0 saturated heterocycles. The quantitative estimate of drug-likeness (QED) is 0.525. The highest BCUT2D eigenvalue weighted by atomic mass is 32.2. The van der Waals surface area contributed by atoms with E-state index in [4.69, 9.17) is 0 Å². The van der Waals surface area contributed by atoms with Crippen molar-refractivity contribution in [1.29, 1.82) is 0 Å². The lowest BCUT2D eigenvalue weighted by Gasteiger charge is -2.21. The highest BCUT2D eigenvalue weighted by Gasteiger charge is 2.47. The van der Waals surface area contributed by atoms with E-state index in [0.29, 0.717) is 11.6 Å². The molecule has 8 nitrogen and oxygen atoms in total. The first kappa shape index (κ1) is 27.3. The summed E-state index contributed by atoms with van der Waals surface area (Å²) in [4.78, 5) is 20.1. The largest absolute Gasteiger partial charge is 0.461 e. The number of ether oxygens (including phenoxy) is 1. The number of halogens is 3. The van der Waals surface area contributed by atoms with Crippen molar-refractivity contribution in [3.05, 3.63) is 47.4 Å². The Balaban J connectivity index is 2.73. The van der Waals surface area contributed by atoms with Crippen LogP contribution >= 0.6 is 0 Å². The van der Waals surface area contributed by atoms with Gasteiger partial charge in [-0.15, -0.1) is 0 Å². The number of aliphatic hydroxyl groups excluding tert-OH is 1. The minimum absolute atomic E-state index is 0.118. The number of aromatic nitrogens is 2. The molecule has 0 radical (unpaired) electrons. The lowest BCUT2D eigenvalue weighted by atomic mass is 9.97. The monoisotopic (exact) mass is 501 g/mol. The molecule has 1 N–H and O–H groups in total. The highest BCUT2D eigenvalue weighted by molar-refractivity contribution is 7.92. The lowest BCUT2D eigenvalue weighted by molar-refractivity contribution is -0.183. The number of nitrogens with zero attached hydrogens (tertiary/aromatic N) is 3. The van der Waals surface area contributed by atoms with Crippen LogP contribution in [0.4, 0.5) is 19.1 Å². The molecule has 1 atom stereocenters. The summed E-state index contributed by atoms with van der Waals surface area (Å²) in [5.74, 6) is -7.14. The molecular formula is C22H26F3N3O5S. The van der Waals surface area contributed by atoms with Crippen LogP contribution in [0, 0.1) is 5.82 Å². The molecule has 12 heteroatoms. The number of esters is 1. The summed E-state index contributed by atoms with van der Waals surface area (Å²) in [5, 5.41) is 10.00. The fraction of sp³-hybridized carbons (Fsp3) is 0.409. The second-order valence-electron chi connectivity index (χ2n) is 7.71. The number of sulfonamides is 1. The maximum atomic E-state index is 14.2. The molecule has 0 aliphatic carbocycles. The molecule has 0 saturated carbocycles. The fourth-order valence-electron chi connectivity index (χ4n) is 2.85. The molecule has 2 rings (SSSR count). The summed E-state index contributed by atoms with van der Waals surface area (Å²) in [6.45, 7) is 4.54. The van der Waals surface area contributed by atoms with Gasteiger partial charge in [-0.1, -0.05) is 19.9 Å². The van der Waals surface area contributed by atoms with Gasteiger partial charge in [0.2, 0.25) is 16.0 Å². The van der Waals surface area contributed by atoms with Gasteiger partial charge >= 0.3 is 11.9 Å². The average Bonchev–Trinajstić information content (AvgIpc) is 2.76. The lowest BCUT2D eigenvalue weighted by Crippen LogP contribution is -2.41. The molecule has 34 heavy (non-hydrogen) atoms. The Morgan fingerprint density at radius 1 is 1.24 bits per heavy atom. The van der Waals surface area contributed by atoms with E-state index in [9.17, 15) is 31.5 Å². The maximum Gasteiger partial charge on any atom is 0.380 e. The summed E-state index contributed by atoms with van der Waals surface area (Å²) in [6, 6.07) is 5.08. The van der Waals surface area contributed by atoms with E-state index in [1.165, 1.54) is 26.1 Å². The molecule has 0 fully saturated rings. The van der Waals surface area contributed by atoms with E-state index in [0.717, 1.165) is 28.8 Å².